The van der Waals surface area contributed by atoms with Crippen molar-refractivity contribution in [2.45, 2.75) is 55.2 Å². The van der Waals surface area contributed by atoms with Gasteiger partial charge in [-0.1, -0.05) is 121 Å². The first-order chi connectivity index (χ1) is 19.2. The lowest BCUT2D eigenvalue weighted by Gasteiger charge is -2.47. The topological polar surface area (TPSA) is 118 Å². The van der Waals surface area contributed by atoms with Crippen LogP contribution in [-0.2, 0) is 30.5 Å². The second-order valence-electron chi connectivity index (χ2n) is 10.4. The van der Waals surface area contributed by atoms with Crippen LogP contribution in [-0.4, -0.2) is 60.8 Å². The predicted molar refractivity (Wildman–Crippen MR) is 154 cm³/mol. The second-order valence-corrected chi connectivity index (χ2v) is 10.4. The van der Waals surface area contributed by atoms with Crippen LogP contribution in [0.3, 0.4) is 0 Å². The summed E-state index contributed by atoms with van der Waals surface area (Å²) in [7, 11) is 0. The van der Waals surface area contributed by atoms with Crippen LogP contribution in [0, 0.1) is 0 Å². The van der Waals surface area contributed by atoms with Crippen LogP contribution in [0.1, 0.15) is 22.3 Å². The summed E-state index contributed by atoms with van der Waals surface area (Å²) in [6, 6.07) is 35.2. The Kier molecular flexibility index (Phi) is 9.63. The molecular weight excluding hydrogens is 504 g/mol. The molecule has 0 bridgehead atoms. The van der Waals surface area contributed by atoms with E-state index in [2.05, 4.69) is 0 Å². The minimum atomic E-state index is -2.58. The smallest absolute Gasteiger partial charge is 0.172 e. The molecule has 0 radical (unpaired) electrons. The highest BCUT2D eigenvalue weighted by Gasteiger charge is 2.60. The molecule has 0 heterocycles. The van der Waals surface area contributed by atoms with Gasteiger partial charge in [0.1, 0.15) is 17.8 Å². The quantitative estimate of drug-likeness (QED) is 0.178. The van der Waals surface area contributed by atoms with Gasteiger partial charge in [-0.05, 0) is 22.3 Å². The van der Waals surface area contributed by atoms with Crippen molar-refractivity contribution >= 4 is 5.78 Å². The normalized spacial score (nSPS) is 16.7. The maximum Gasteiger partial charge on any atom is 0.172 e. The number of hydrogen-bond donors (Lipinski definition) is 5. The van der Waals surface area contributed by atoms with Gasteiger partial charge in [0, 0.05) is 25.7 Å². The minimum absolute atomic E-state index is 0.00441. The number of rotatable bonds is 13. The van der Waals surface area contributed by atoms with Gasteiger partial charge in [0.15, 0.2) is 11.4 Å². The van der Waals surface area contributed by atoms with Gasteiger partial charge in [0.25, 0.3) is 0 Å². The van der Waals surface area contributed by atoms with Crippen LogP contribution in [0.15, 0.2) is 121 Å². The molecule has 208 valence electrons. The summed E-state index contributed by atoms with van der Waals surface area (Å²) in [4.78, 5) is 14.0. The Labute approximate surface area is 234 Å². The zero-order valence-corrected chi connectivity index (χ0v) is 22.3. The fraction of sp³-hybridized carbons (Fsp3) is 0.265. The number of benzene rings is 4. The molecule has 0 fully saturated rings. The summed E-state index contributed by atoms with van der Waals surface area (Å²) in [5, 5.41) is 58.4. The lowest BCUT2D eigenvalue weighted by Crippen LogP contribution is -2.70. The molecule has 0 aliphatic heterocycles. The van der Waals surface area contributed by atoms with Crippen LogP contribution in [0.2, 0.25) is 0 Å². The van der Waals surface area contributed by atoms with E-state index in [1.54, 1.807) is 109 Å². The highest BCUT2D eigenvalue weighted by atomic mass is 16.4. The van der Waals surface area contributed by atoms with E-state index < -0.39 is 35.3 Å². The van der Waals surface area contributed by atoms with Crippen molar-refractivity contribution in [1.82, 2.24) is 0 Å². The van der Waals surface area contributed by atoms with E-state index in [1.165, 1.54) is 0 Å². The molecule has 4 aromatic carbocycles. The molecule has 5 atom stereocenters. The van der Waals surface area contributed by atoms with E-state index in [0.29, 0.717) is 22.3 Å². The fourth-order valence-electron chi connectivity index (χ4n) is 5.18. The fourth-order valence-corrected chi connectivity index (χ4v) is 5.18. The van der Waals surface area contributed by atoms with E-state index >= 15 is 0 Å². The summed E-state index contributed by atoms with van der Waals surface area (Å²) in [5.74, 6) is -0.718. The maximum absolute atomic E-state index is 14.0. The molecule has 6 heteroatoms. The number of Topliss-reactive ketones (excluding diaryl/α,β-unsaturated/α-hetero) is 1. The lowest BCUT2D eigenvalue weighted by molar-refractivity contribution is -0.228. The molecule has 1 unspecified atom stereocenters. The SMILES string of the molecule is O=C(Cc1ccccc1)[C@@](O)(Cc1ccccc1)[C@](O)(Cc1ccccc1)[C@H](O)[C@H](O)C(O)Cc1ccccc1. The number of carbonyl (C=O) groups excluding carboxylic acids is 1. The molecule has 0 aliphatic carbocycles. The number of aliphatic hydroxyl groups is 5. The largest absolute Gasteiger partial charge is 0.390 e. The Morgan fingerprint density at radius 2 is 0.975 bits per heavy atom. The Hall–Kier alpha value is -3.65. The Balaban J connectivity index is 1.77. The monoisotopic (exact) mass is 540 g/mol. The van der Waals surface area contributed by atoms with Crippen LogP contribution >= 0.6 is 0 Å². The van der Waals surface area contributed by atoms with Crippen molar-refractivity contribution in [2.75, 3.05) is 0 Å². The van der Waals surface area contributed by atoms with Gasteiger partial charge >= 0.3 is 0 Å². The van der Waals surface area contributed by atoms with E-state index in [-0.39, 0.29) is 25.7 Å². The molecule has 4 aromatic rings. The van der Waals surface area contributed by atoms with E-state index in [4.69, 9.17) is 0 Å². The molecule has 0 amide bonds. The first kappa shape index (κ1) is 29.3. The lowest BCUT2D eigenvalue weighted by atomic mass is 9.67. The molecule has 5 N–H and O–H groups in total. The first-order valence-corrected chi connectivity index (χ1v) is 13.4. The van der Waals surface area contributed by atoms with Gasteiger partial charge in [-0.15, -0.1) is 0 Å². The average molecular weight is 541 g/mol. The Morgan fingerprint density at radius 1 is 0.575 bits per heavy atom. The van der Waals surface area contributed by atoms with Gasteiger partial charge < -0.3 is 25.5 Å². The maximum atomic E-state index is 14.0. The summed E-state index contributed by atoms with van der Waals surface area (Å²) < 4.78 is 0. The van der Waals surface area contributed by atoms with E-state index in [1.807, 2.05) is 12.1 Å². The van der Waals surface area contributed by atoms with Crippen LogP contribution < -0.4 is 0 Å². The van der Waals surface area contributed by atoms with Crippen molar-refractivity contribution in [1.29, 1.82) is 0 Å². The van der Waals surface area contributed by atoms with Gasteiger partial charge in [-0.3, -0.25) is 4.79 Å². The van der Waals surface area contributed by atoms with Gasteiger partial charge in [0.2, 0.25) is 0 Å². The van der Waals surface area contributed by atoms with Crippen molar-refractivity contribution < 1.29 is 30.3 Å². The van der Waals surface area contributed by atoms with Crippen LogP contribution in [0.4, 0.5) is 0 Å². The molecule has 40 heavy (non-hydrogen) atoms. The average Bonchev–Trinajstić information content (AvgIpc) is 2.98. The Bertz CT molecular complexity index is 1330. The molecule has 0 saturated carbocycles. The van der Waals surface area contributed by atoms with Crippen LogP contribution in [0.25, 0.3) is 0 Å². The molecular formula is C34H36O6. The molecule has 6 nitrogen and oxygen atoms in total. The first-order valence-electron chi connectivity index (χ1n) is 13.4. The summed E-state index contributed by atoms with van der Waals surface area (Å²) in [6.07, 6.45) is -6.33. The standard InChI is InChI=1S/C34H36O6/c35-29(21-25-13-5-1-6-14-25)31(37)32(38)34(40,24-28-19-11-4-12-20-28)33(39,23-27-17-9-3-10-18-27)30(36)22-26-15-7-2-8-16-26/h1-20,29,31-32,35,37-40H,21-24H2/t29?,31-,32-,33+,34+/m1/s1. The molecule has 0 aromatic heterocycles. The van der Waals surface area contributed by atoms with E-state index in [9.17, 15) is 30.3 Å². The Morgan fingerprint density at radius 3 is 1.45 bits per heavy atom. The van der Waals surface area contributed by atoms with Crippen LogP contribution in [0.5, 0.6) is 0 Å². The highest BCUT2D eigenvalue weighted by Crippen LogP contribution is 2.37. The zero-order valence-electron chi connectivity index (χ0n) is 22.3. The number of aliphatic hydroxyl groups excluding tert-OH is 3. The second kappa shape index (κ2) is 13.1. The minimum Gasteiger partial charge on any atom is -0.390 e. The molecule has 0 saturated heterocycles. The van der Waals surface area contributed by atoms with Gasteiger partial charge in [-0.25, -0.2) is 0 Å². The molecule has 0 aliphatic rings. The van der Waals surface area contributed by atoms with Gasteiger partial charge in [0.05, 0.1) is 6.10 Å². The third-order valence-corrected chi connectivity index (χ3v) is 7.50. The number of ketones is 1. The summed E-state index contributed by atoms with van der Waals surface area (Å²) >= 11 is 0. The van der Waals surface area contributed by atoms with Crippen molar-refractivity contribution in [3.05, 3.63) is 144 Å². The highest BCUT2D eigenvalue weighted by molar-refractivity contribution is 5.91. The van der Waals surface area contributed by atoms with Gasteiger partial charge in [-0.2, -0.15) is 0 Å². The number of carbonyl (C=O) groups is 1. The zero-order chi connectivity index (χ0) is 28.6. The van der Waals surface area contributed by atoms with E-state index in [0.717, 1.165) is 0 Å². The molecule has 0 spiro atoms. The third-order valence-electron chi connectivity index (χ3n) is 7.50. The summed E-state index contributed by atoms with van der Waals surface area (Å²) in [5.41, 5.74) is -2.68. The van der Waals surface area contributed by atoms with Crippen molar-refractivity contribution in [3.8, 4) is 0 Å². The van der Waals surface area contributed by atoms with Crippen molar-refractivity contribution in [3.63, 3.8) is 0 Å². The molecule has 4 rings (SSSR count). The summed E-state index contributed by atoms with van der Waals surface area (Å²) in [6.45, 7) is 0. The predicted octanol–water partition coefficient (Wildman–Crippen LogP) is 3.07. The number of hydrogen-bond acceptors (Lipinski definition) is 6. The van der Waals surface area contributed by atoms with Crippen molar-refractivity contribution in [2.24, 2.45) is 0 Å². The third kappa shape index (κ3) is 6.73.